The first-order chi connectivity index (χ1) is 8.95. The molecule has 2 amide bonds. The molecule has 1 aromatic rings. The van der Waals surface area contributed by atoms with Crippen LogP contribution in [0.2, 0.25) is 0 Å². The second kappa shape index (κ2) is 6.89. The molecule has 1 aromatic carbocycles. The van der Waals surface area contributed by atoms with Crippen LogP contribution in [0.3, 0.4) is 0 Å². The van der Waals surface area contributed by atoms with E-state index in [-0.39, 0.29) is 6.54 Å². The van der Waals surface area contributed by atoms with Crippen LogP contribution in [0.4, 0.5) is 5.69 Å². The van der Waals surface area contributed by atoms with Gasteiger partial charge in [-0.05, 0) is 31.4 Å². The molecule has 0 aromatic heterocycles. The lowest BCUT2D eigenvalue weighted by Gasteiger charge is -2.13. The van der Waals surface area contributed by atoms with Crippen LogP contribution in [0.1, 0.15) is 25.0 Å². The van der Waals surface area contributed by atoms with Gasteiger partial charge in [-0.2, -0.15) is 0 Å². The number of anilines is 1. The Kier molecular flexibility index (Phi) is 5.51. The Labute approximate surface area is 113 Å². The van der Waals surface area contributed by atoms with Crippen molar-refractivity contribution >= 4 is 17.5 Å². The minimum atomic E-state index is -0.744. The molecule has 0 spiro atoms. The average Bonchev–Trinajstić information content (AvgIpc) is 2.37. The van der Waals surface area contributed by atoms with Crippen molar-refractivity contribution in [1.29, 1.82) is 0 Å². The summed E-state index contributed by atoms with van der Waals surface area (Å²) in [5.74, 6) is -1.46. The third-order valence-electron chi connectivity index (χ3n) is 2.74. The zero-order valence-electron chi connectivity index (χ0n) is 11.5. The molecule has 0 bridgehead atoms. The van der Waals surface area contributed by atoms with E-state index < -0.39 is 17.9 Å². The molecule has 1 rings (SSSR count). The molecule has 0 aliphatic rings. The van der Waals surface area contributed by atoms with Gasteiger partial charge in [-0.3, -0.25) is 9.59 Å². The number of aliphatic hydroxyl groups excluding tert-OH is 1. The lowest BCUT2D eigenvalue weighted by atomic mass is 10.1. The van der Waals surface area contributed by atoms with Crippen LogP contribution >= 0.6 is 0 Å². The van der Waals surface area contributed by atoms with Crippen molar-refractivity contribution in [3.05, 3.63) is 29.3 Å². The van der Waals surface area contributed by atoms with Crippen molar-refractivity contribution in [1.82, 2.24) is 5.32 Å². The maximum Gasteiger partial charge on any atom is 0.313 e. The maximum absolute atomic E-state index is 11.7. The van der Waals surface area contributed by atoms with Crippen molar-refractivity contribution in [3.63, 3.8) is 0 Å². The van der Waals surface area contributed by atoms with Crippen molar-refractivity contribution in [2.24, 2.45) is 0 Å². The number of hydrogen-bond acceptors (Lipinski definition) is 3. The van der Waals surface area contributed by atoms with Crippen LogP contribution in [-0.2, 0) is 16.0 Å². The molecular weight excluding hydrogens is 244 g/mol. The highest BCUT2D eigenvalue weighted by Gasteiger charge is 2.16. The number of amides is 2. The molecular formula is C14H20N2O3. The average molecular weight is 264 g/mol. The number of rotatable bonds is 4. The van der Waals surface area contributed by atoms with Gasteiger partial charge in [0.1, 0.15) is 0 Å². The second-order valence-corrected chi connectivity index (χ2v) is 4.48. The molecule has 104 valence electrons. The summed E-state index contributed by atoms with van der Waals surface area (Å²) in [6.07, 6.45) is 0.0912. The van der Waals surface area contributed by atoms with Gasteiger partial charge in [0, 0.05) is 12.2 Å². The van der Waals surface area contributed by atoms with Crippen molar-refractivity contribution in [3.8, 4) is 0 Å². The summed E-state index contributed by atoms with van der Waals surface area (Å²) in [4.78, 5) is 23.3. The maximum atomic E-state index is 11.7. The minimum absolute atomic E-state index is 0.0562. The van der Waals surface area contributed by atoms with E-state index >= 15 is 0 Å². The van der Waals surface area contributed by atoms with Gasteiger partial charge in [0.25, 0.3) is 0 Å². The fourth-order valence-electron chi connectivity index (χ4n) is 1.69. The summed E-state index contributed by atoms with van der Waals surface area (Å²) in [6, 6.07) is 5.70. The van der Waals surface area contributed by atoms with Gasteiger partial charge in [-0.1, -0.05) is 25.1 Å². The molecule has 0 heterocycles. The first-order valence-corrected chi connectivity index (χ1v) is 6.31. The Morgan fingerprint density at radius 2 is 2.00 bits per heavy atom. The van der Waals surface area contributed by atoms with Crippen LogP contribution in [0.15, 0.2) is 18.2 Å². The zero-order chi connectivity index (χ0) is 14.4. The number of carbonyl (C=O) groups is 2. The molecule has 0 saturated heterocycles. The van der Waals surface area contributed by atoms with Crippen LogP contribution in [0.5, 0.6) is 0 Å². The van der Waals surface area contributed by atoms with Crippen LogP contribution in [0.25, 0.3) is 0 Å². The van der Waals surface area contributed by atoms with E-state index in [1.807, 2.05) is 32.0 Å². The lowest BCUT2D eigenvalue weighted by molar-refractivity contribution is -0.136. The molecule has 5 nitrogen and oxygen atoms in total. The monoisotopic (exact) mass is 264 g/mol. The molecule has 0 saturated carbocycles. The van der Waals surface area contributed by atoms with Crippen molar-refractivity contribution < 1.29 is 14.7 Å². The van der Waals surface area contributed by atoms with E-state index in [0.717, 1.165) is 17.5 Å². The number of nitrogens with one attached hydrogen (secondary N) is 2. The molecule has 19 heavy (non-hydrogen) atoms. The topological polar surface area (TPSA) is 78.4 Å². The van der Waals surface area contributed by atoms with Crippen molar-refractivity contribution in [2.75, 3.05) is 11.9 Å². The highest BCUT2D eigenvalue weighted by molar-refractivity contribution is 6.39. The Morgan fingerprint density at radius 3 is 2.58 bits per heavy atom. The normalized spacial score (nSPS) is 11.8. The van der Waals surface area contributed by atoms with E-state index in [1.54, 1.807) is 0 Å². The smallest absolute Gasteiger partial charge is 0.313 e. The predicted octanol–water partition coefficient (Wildman–Crippen LogP) is 0.993. The van der Waals surface area contributed by atoms with E-state index in [0.29, 0.717) is 5.69 Å². The lowest BCUT2D eigenvalue weighted by Crippen LogP contribution is -2.39. The summed E-state index contributed by atoms with van der Waals surface area (Å²) >= 11 is 0. The van der Waals surface area contributed by atoms with Gasteiger partial charge >= 0.3 is 11.8 Å². The third kappa shape index (κ3) is 4.37. The molecule has 1 unspecified atom stereocenters. The summed E-state index contributed by atoms with van der Waals surface area (Å²) in [7, 11) is 0. The van der Waals surface area contributed by atoms with Gasteiger partial charge in [-0.15, -0.1) is 0 Å². The Morgan fingerprint density at radius 1 is 1.32 bits per heavy atom. The first kappa shape index (κ1) is 15.2. The molecule has 0 aliphatic carbocycles. The highest BCUT2D eigenvalue weighted by Crippen LogP contribution is 2.20. The fourth-order valence-corrected chi connectivity index (χ4v) is 1.69. The third-order valence-corrected chi connectivity index (χ3v) is 2.74. The fraction of sp³-hybridized carbons (Fsp3) is 0.429. The largest absolute Gasteiger partial charge is 0.392 e. The van der Waals surface area contributed by atoms with Crippen LogP contribution < -0.4 is 10.6 Å². The van der Waals surface area contributed by atoms with E-state index in [4.69, 9.17) is 5.11 Å². The standard InChI is InChI=1S/C14H20N2O3/c1-4-11-7-5-6-9(2)12(11)16-14(19)13(18)15-8-10(3)17/h5-7,10,17H,4,8H2,1-3H3,(H,15,18)(H,16,19). The number of hydrogen-bond donors (Lipinski definition) is 3. The minimum Gasteiger partial charge on any atom is -0.392 e. The SMILES string of the molecule is CCc1cccc(C)c1NC(=O)C(=O)NCC(C)O. The summed E-state index contributed by atoms with van der Waals surface area (Å²) < 4.78 is 0. The highest BCUT2D eigenvalue weighted by atomic mass is 16.3. The zero-order valence-corrected chi connectivity index (χ0v) is 11.5. The van der Waals surface area contributed by atoms with E-state index in [1.165, 1.54) is 6.92 Å². The molecule has 0 radical (unpaired) electrons. The number of carbonyl (C=O) groups excluding carboxylic acids is 2. The number of benzene rings is 1. The van der Waals surface area contributed by atoms with Gasteiger partial charge in [0.15, 0.2) is 0 Å². The Balaban J connectivity index is 2.74. The first-order valence-electron chi connectivity index (χ1n) is 6.31. The van der Waals surface area contributed by atoms with Gasteiger partial charge in [0.2, 0.25) is 0 Å². The summed E-state index contributed by atoms with van der Waals surface area (Å²) in [5, 5.41) is 14.0. The summed E-state index contributed by atoms with van der Waals surface area (Å²) in [6.45, 7) is 5.45. The van der Waals surface area contributed by atoms with Gasteiger partial charge < -0.3 is 15.7 Å². The van der Waals surface area contributed by atoms with Gasteiger partial charge in [0.05, 0.1) is 6.10 Å². The van der Waals surface area contributed by atoms with Crippen LogP contribution in [0, 0.1) is 6.92 Å². The Bertz CT molecular complexity index is 470. The molecule has 1 atom stereocenters. The predicted molar refractivity (Wildman–Crippen MR) is 73.9 cm³/mol. The molecule has 3 N–H and O–H groups in total. The Hall–Kier alpha value is -1.88. The quantitative estimate of drug-likeness (QED) is 0.710. The van der Waals surface area contributed by atoms with Crippen LogP contribution in [-0.4, -0.2) is 29.6 Å². The van der Waals surface area contributed by atoms with Gasteiger partial charge in [-0.25, -0.2) is 0 Å². The number of para-hydroxylation sites is 1. The second-order valence-electron chi connectivity index (χ2n) is 4.48. The van der Waals surface area contributed by atoms with E-state index in [9.17, 15) is 9.59 Å². The number of aliphatic hydroxyl groups is 1. The molecule has 0 fully saturated rings. The van der Waals surface area contributed by atoms with E-state index in [2.05, 4.69) is 10.6 Å². The molecule has 0 aliphatic heterocycles. The number of aryl methyl sites for hydroxylation is 2. The summed E-state index contributed by atoms with van der Waals surface area (Å²) in [5.41, 5.74) is 2.58. The molecule has 5 heteroatoms. The van der Waals surface area contributed by atoms with Crippen molar-refractivity contribution in [2.45, 2.75) is 33.3 Å².